The maximum Gasteiger partial charge on any atom is 0.233 e. The normalized spacial score (nSPS) is 17.4. The number of nitrogens with one attached hydrogen (secondary N) is 1. The molecule has 2 aromatic carbocycles. The van der Waals surface area contributed by atoms with Crippen LogP contribution in [0, 0.1) is 0 Å². The Morgan fingerprint density at radius 3 is 2.73 bits per heavy atom. The van der Waals surface area contributed by atoms with E-state index >= 15 is 0 Å². The molecule has 22 heavy (non-hydrogen) atoms. The second-order valence-electron chi connectivity index (χ2n) is 5.37. The molecule has 0 fully saturated rings. The van der Waals surface area contributed by atoms with Crippen molar-refractivity contribution in [1.82, 2.24) is 5.32 Å². The van der Waals surface area contributed by atoms with Gasteiger partial charge >= 0.3 is 0 Å². The molecule has 3 nitrogen and oxygen atoms in total. The fraction of sp³-hybridized carbons (Fsp3) is 0.278. The molecule has 114 valence electrons. The van der Waals surface area contributed by atoms with Crippen LogP contribution in [0.2, 0.25) is 0 Å². The molecule has 3 rings (SSSR count). The zero-order chi connectivity index (χ0) is 15.4. The summed E-state index contributed by atoms with van der Waals surface area (Å²) in [5.74, 6) is 0.988. The summed E-state index contributed by atoms with van der Waals surface area (Å²) in [7, 11) is 0. The Bertz CT molecular complexity index is 620. The summed E-state index contributed by atoms with van der Waals surface area (Å²) in [4.78, 5) is 13.3. The zero-order valence-corrected chi connectivity index (χ0v) is 13.3. The lowest BCUT2D eigenvalue weighted by molar-refractivity contribution is -0.120. The molecule has 0 aromatic heterocycles. The van der Waals surface area contributed by atoms with E-state index in [1.54, 1.807) is 11.8 Å². The van der Waals surface area contributed by atoms with Gasteiger partial charge in [-0.3, -0.25) is 4.79 Å². The summed E-state index contributed by atoms with van der Waals surface area (Å²) < 4.78 is 5.83. The number of amides is 1. The third-order valence-electron chi connectivity index (χ3n) is 3.64. The average Bonchev–Trinajstić information content (AvgIpc) is 2.96. The maximum absolute atomic E-state index is 12.2. The third-order valence-corrected chi connectivity index (χ3v) is 4.76. The smallest absolute Gasteiger partial charge is 0.233 e. The van der Waals surface area contributed by atoms with E-state index < -0.39 is 0 Å². The first-order valence-electron chi connectivity index (χ1n) is 7.46. The van der Waals surface area contributed by atoms with Gasteiger partial charge in [0.2, 0.25) is 5.91 Å². The zero-order valence-electron chi connectivity index (χ0n) is 12.5. The van der Waals surface area contributed by atoms with E-state index in [0.717, 1.165) is 17.1 Å². The number of rotatable bonds is 5. The number of para-hydroxylation sites is 1. The lowest BCUT2D eigenvalue weighted by atomic mass is 10.1. The highest BCUT2D eigenvalue weighted by molar-refractivity contribution is 8.00. The summed E-state index contributed by atoms with van der Waals surface area (Å²) in [6.07, 6.45) is 0.895. The molecule has 2 atom stereocenters. The summed E-state index contributed by atoms with van der Waals surface area (Å²) in [5, 5.41) is 2.88. The van der Waals surface area contributed by atoms with Crippen molar-refractivity contribution in [1.29, 1.82) is 0 Å². The molecule has 0 spiro atoms. The molecule has 2 unspecified atom stereocenters. The van der Waals surface area contributed by atoms with Crippen LogP contribution in [-0.4, -0.2) is 23.8 Å². The Hall–Kier alpha value is -1.94. The van der Waals surface area contributed by atoms with Crippen molar-refractivity contribution in [2.75, 3.05) is 6.54 Å². The fourth-order valence-electron chi connectivity index (χ4n) is 2.48. The van der Waals surface area contributed by atoms with E-state index in [9.17, 15) is 4.79 Å². The van der Waals surface area contributed by atoms with Crippen molar-refractivity contribution in [2.45, 2.75) is 29.6 Å². The Kier molecular flexibility index (Phi) is 4.68. The summed E-state index contributed by atoms with van der Waals surface area (Å²) in [6, 6.07) is 18.0. The van der Waals surface area contributed by atoms with Crippen LogP contribution < -0.4 is 10.1 Å². The highest BCUT2D eigenvalue weighted by atomic mass is 32.2. The first-order chi connectivity index (χ1) is 10.7. The first-order valence-corrected chi connectivity index (χ1v) is 8.34. The minimum atomic E-state index is -0.119. The molecule has 0 saturated heterocycles. The molecule has 0 saturated carbocycles. The molecule has 0 aliphatic carbocycles. The summed E-state index contributed by atoms with van der Waals surface area (Å²) in [6.45, 7) is 2.48. The molecule has 1 aliphatic rings. The van der Waals surface area contributed by atoms with Gasteiger partial charge in [0.15, 0.2) is 0 Å². The number of hydrogen-bond acceptors (Lipinski definition) is 3. The Balaban J connectivity index is 1.47. The van der Waals surface area contributed by atoms with E-state index in [1.165, 1.54) is 5.56 Å². The van der Waals surface area contributed by atoms with Gasteiger partial charge < -0.3 is 10.1 Å². The average molecular weight is 313 g/mol. The quantitative estimate of drug-likeness (QED) is 0.861. The van der Waals surface area contributed by atoms with E-state index in [1.807, 2.05) is 55.5 Å². The van der Waals surface area contributed by atoms with Crippen LogP contribution in [0.5, 0.6) is 5.75 Å². The van der Waals surface area contributed by atoms with Crippen molar-refractivity contribution in [3.63, 3.8) is 0 Å². The Morgan fingerprint density at radius 1 is 1.23 bits per heavy atom. The second-order valence-corrected chi connectivity index (χ2v) is 6.78. The molecule has 2 aromatic rings. The number of fused-ring (bicyclic) bond motifs is 1. The van der Waals surface area contributed by atoms with Crippen LogP contribution >= 0.6 is 11.8 Å². The van der Waals surface area contributed by atoms with Crippen LogP contribution in [0.15, 0.2) is 59.5 Å². The van der Waals surface area contributed by atoms with E-state index in [4.69, 9.17) is 4.74 Å². The molecular formula is C18H19NO2S. The van der Waals surface area contributed by atoms with Crippen molar-refractivity contribution in [3.8, 4) is 5.75 Å². The Morgan fingerprint density at radius 2 is 1.95 bits per heavy atom. The lowest BCUT2D eigenvalue weighted by Gasteiger charge is -2.15. The molecule has 1 N–H and O–H groups in total. The van der Waals surface area contributed by atoms with Gasteiger partial charge in [-0.1, -0.05) is 36.4 Å². The molecular weight excluding hydrogens is 294 g/mol. The molecule has 1 heterocycles. The third kappa shape index (κ3) is 3.63. The van der Waals surface area contributed by atoms with Crippen LogP contribution in [0.4, 0.5) is 0 Å². The van der Waals surface area contributed by atoms with Crippen molar-refractivity contribution >= 4 is 17.7 Å². The van der Waals surface area contributed by atoms with Gasteiger partial charge in [0.05, 0.1) is 11.8 Å². The summed E-state index contributed by atoms with van der Waals surface area (Å²) in [5.41, 5.74) is 1.22. The Labute approximate surface area is 135 Å². The maximum atomic E-state index is 12.2. The molecule has 0 bridgehead atoms. The van der Waals surface area contributed by atoms with Gasteiger partial charge in [0, 0.05) is 11.3 Å². The number of thioether (sulfide) groups is 1. The van der Waals surface area contributed by atoms with Crippen LogP contribution in [-0.2, 0) is 11.2 Å². The van der Waals surface area contributed by atoms with Gasteiger partial charge in [-0.15, -0.1) is 11.8 Å². The second kappa shape index (κ2) is 6.88. The summed E-state index contributed by atoms with van der Waals surface area (Å²) >= 11 is 1.57. The fourth-order valence-corrected chi connectivity index (χ4v) is 3.40. The minimum absolute atomic E-state index is 0.0373. The molecule has 4 heteroatoms. The lowest BCUT2D eigenvalue weighted by Crippen LogP contribution is -2.38. The van der Waals surface area contributed by atoms with Crippen LogP contribution in [0.3, 0.4) is 0 Å². The van der Waals surface area contributed by atoms with Crippen LogP contribution in [0.1, 0.15) is 12.5 Å². The number of ether oxygens (including phenoxy) is 1. The predicted octanol–water partition coefficient (Wildman–Crippen LogP) is 3.29. The number of carbonyl (C=O) groups is 1. The molecule has 0 radical (unpaired) electrons. The van der Waals surface area contributed by atoms with Crippen molar-refractivity contribution in [2.24, 2.45) is 0 Å². The van der Waals surface area contributed by atoms with E-state index in [-0.39, 0.29) is 17.3 Å². The predicted molar refractivity (Wildman–Crippen MR) is 89.3 cm³/mol. The van der Waals surface area contributed by atoms with Gasteiger partial charge in [-0.2, -0.15) is 0 Å². The monoisotopic (exact) mass is 313 g/mol. The van der Waals surface area contributed by atoms with Crippen LogP contribution in [0.25, 0.3) is 0 Å². The largest absolute Gasteiger partial charge is 0.488 e. The van der Waals surface area contributed by atoms with Gasteiger partial charge in [0.1, 0.15) is 11.9 Å². The number of carbonyl (C=O) groups excluding carboxylic acids is 1. The standard InChI is InChI=1S/C18H19NO2S/c1-13(22-16-8-3-2-4-9-16)18(20)19-12-15-11-14-7-5-6-10-17(14)21-15/h2-10,13,15H,11-12H2,1H3,(H,19,20). The van der Waals surface area contributed by atoms with Gasteiger partial charge in [0.25, 0.3) is 0 Å². The first kappa shape index (κ1) is 15.0. The van der Waals surface area contributed by atoms with E-state index in [0.29, 0.717) is 6.54 Å². The SMILES string of the molecule is CC(Sc1ccccc1)C(=O)NCC1Cc2ccccc2O1. The minimum Gasteiger partial charge on any atom is -0.488 e. The highest BCUT2D eigenvalue weighted by Gasteiger charge is 2.23. The van der Waals surface area contributed by atoms with E-state index in [2.05, 4.69) is 11.4 Å². The van der Waals surface area contributed by atoms with Gasteiger partial charge in [-0.25, -0.2) is 0 Å². The molecule has 1 aliphatic heterocycles. The highest BCUT2D eigenvalue weighted by Crippen LogP contribution is 2.28. The number of hydrogen-bond donors (Lipinski definition) is 1. The van der Waals surface area contributed by atoms with Crippen molar-refractivity contribution < 1.29 is 9.53 Å². The van der Waals surface area contributed by atoms with Gasteiger partial charge in [-0.05, 0) is 30.7 Å². The molecule has 1 amide bonds. The van der Waals surface area contributed by atoms with Crippen molar-refractivity contribution in [3.05, 3.63) is 60.2 Å². The number of benzene rings is 2. The topological polar surface area (TPSA) is 38.3 Å².